The summed E-state index contributed by atoms with van der Waals surface area (Å²) in [5.41, 5.74) is 4.42. The van der Waals surface area contributed by atoms with Gasteiger partial charge in [0.15, 0.2) is 6.10 Å². The van der Waals surface area contributed by atoms with Gasteiger partial charge in [0.25, 0.3) is 0 Å². The molecular formula is C17H17N3O. The van der Waals surface area contributed by atoms with Crippen LogP contribution in [0.3, 0.4) is 0 Å². The fraction of sp³-hybridized carbons (Fsp3) is 0.235. The lowest BCUT2D eigenvalue weighted by atomic mass is 10.1. The summed E-state index contributed by atoms with van der Waals surface area (Å²) < 4.78 is 6.05. The predicted octanol–water partition coefficient (Wildman–Crippen LogP) is 3.67. The van der Waals surface area contributed by atoms with Crippen LogP contribution >= 0.6 is 0 Å². The van der Waals surface area contributed by atoms with Gasteiger partial charge < -0.3 is 15.0 Å². The van der Waals surface area contributed by atoms with Gasteiger partial charge in [-0.1, -0.05) is 25.1 Å². The third kappa shape index (κ3) is 2.13. The van der Waals surface area contributed by atoms with E-state index in [9.17, 15) is 0 Å². The minimum absolute atomic E-state index is 0.0858. The molecule has 0 saturated heterocycles. The van der Waals surface area contributed by atoms with Crippen LogP contribution in [0.15, 0.2) is 42.5 Å². The van der Waals surface area contributed by atoms with Gasteiger partial charge in [0, 0.05) is 0 Å². The Kier molecular flexibility index (Phi) is 2.81. The van der Waals surface area contributed by atoms with Crippen LogP contribution in [0, 0.1) is 0 Å². The fourth-order valence-corrected chi connectivity index (χ4v) is 2.71. The van der Waals surface area contributed by atoms with E-state index in [1.54, 1.807) is 0 Å². The molecule has 1 unspecified atom stereocenters. The van der Waals surface area contributed by atoms with Crippen LogP contribution in [0.4, 0.5) is 5.69 Å². The van der Waals surface area contributed by atoms with E-state index in [1.807, 2.05) is 24.3 Å². The van der Waals surface area contributed by atoms with Crippen LogP contribution in [0.1, 0.15) is 24.4 Å². The number of fused-ring (bicyclic) bond motifs is 2. The number of hydrogen-bond donors (Lipinski definition) is 2. The number of para-hydroxylation sites is 2. The molecule has 0 aliphatic carbocycles. The highest BCUT2D eigenvalue weighted by Gasteiger charge is 2.23. The van der Waals surface area contributed by atoms with Crippen molar-refractivity contribution in [3.05, 3.63) is 53.9 Å². The summed E-state index contributed by atoms with van der Waals surface area (Å²) in [7, 11) is 0. The second kappa shape index (κ2) is 4.81. The molecule has 1 aliphatic rings. The quantitative estimate of drug-likeness (QED) is 0.752. The molecule has 106 valence electrons. The number of anilines is 1. The Hall–Kier alpha value is -2.49. The van der Waals surface area contributed by atoms with Gasteiger partial charge in [-0.3, -0.25) is 0 Å². The van der Waals surface area contributed by atoms with Gasteiger partial charge in [-0.15, -0.1) is 0 Å². The number of aromatic amines is 1. The summed E-state index contributed by atoms with van der Waals surface area (Å²) in [5.74, 6) is 1.75. The van der Waals surface area contributed by atoms with Gasteiger partial charge in [0.2, 0.25) is 0 Å². The van der Waals surface area contributed by atoms with E-state index < -0.39 is 0 Å². The first-order valence-electron chi connectivity index (χ1n) is 7.31. The van der Waals surface area contributed by atoms with Gasteiger partial charge in [0.05, 0.1) is 23.3 Å². The smallest absolute Gasteiger partial charge is 0.173 e. The monoisotopic (exact) mass is 279 g/mol. The van der Waals surface area contributed by atoms with E-state index in [0.717, 1.165) is 41.3 Å². The molecule has 0 saturated carbocycles. The Labute approximate surface area is 123 Å². The van der Waals surface area contributed by atoms with Gasteiger partial charge >= 0.3 is 0 Å². The van der Waals surface area contributed by atoms with Crippen LogP contribution in [0.2, 0.25) is 0 Å². The van der Waals surface area contributed by atoms with Crippen LogP contribution in [0.5, 0.6) is 5.75 Å². The summed E-state index contributed by atoms with van der Waals surface area (Å²) >= 11 is 0. The van der Waals surface area contributed by atoms with Crippen molar-refractivity contribution in [3.8, 4) is 5.75 Å². The maximum Gasteiger partial charge on any atom is 0.173 e. The number of hydrogen-bond acceptors (Lipinski definition) is 3. The molecule has 1 atom stereocenters. The van der Waals surface area contributed by atoms with E-state index in [2.05, 4.69) is 40.4 Å². The molecule has 0 spiro atoms. The standard InChI is InChI=1S/C17H17N3O/c1-2-11-7-8-12-14(9-11)20-17(19-12)16-10-18-13-5-3-4-6-15(13)21-16/h3-9,16,18H,2,10H2,1H3,(H,19,20). The molecule has 4 nitrogen and oxygen atoms in total. The van der Waals surface area contributed by atoms with Crippen molar-refractivity contribution in [2.24, 2.45) is 0 Å². The Morgan fingerprint density at radius 2 is 2.14 bits per heavy atom. The summed E-state index contributed by atoms with van der Waals surface area (Å²) in [4.78, 5) is 8.06. The highest BCUT2D eigenvalue weighted by Crippen LogP contribution is 2.33. The van der Waals surface area contributed by atoms with Crippen molar-refractivity contribution in [2.45, 2.75) is 19.4 Å². The molecule has 0 amide bonds. The van der Waals surface area contributed by atoms with Gasteiger partial charge in [-0.25, -0.2) is 4.98 Å². The highest BCUT2D eigenvalue weighted by atomic mass is 16.5. The normalized spacial score (nSPS) is 17.1. The van der Waals surface area contributed by atoms with Crippen LogP contribution in [-0.2, 0) is 6.42 Å². The lowest BCUT2D eigenvalue weighted by Gasteiger charge is -2.25. The first kappa shape index (κ1) is 12.3. The largest absolute Gasteiger partial charge is 0.478 e. The summed E-state index contributed by atoms with van der Waals surface area (Å²) in [6.07, 6.45) is 0.941. The van der Waals surface area contributed by atoms with Gasteiger partial charge in [0.1, 0.15) is 11.6 Å². The minimum atomic E-state index is -0.0858. The average Bonchev–Trinajstić information content (AvgIpc) is 2.97. The number of benzene rings is 2. The molecule has 3 aromatic rings. The van der Waals surface area contributed by atoms with E-state index in [-0.39, 0.29) is 6.10 Å². The first-order valence-corrected chi connectivity index (χ1v) is 7.31. The van der Waals surface area contributed by atoms with Crippen LogP contribution in [-0.4, -0.2) is 16.5 Å². The lowest BCUT2D eigenvalue weighted by Crippen LogP contribution is -2.24. The molecule has 0 bridgehead atoms. The van der Waals surface area contributed by atoms with Crippen LogP contribution in [0.25, 0.3) is 11.0 Å². The molecule has 4 rings (SSSR count). The van der Waals surface area contributed by atoms with Gasteiger partial charge in [-0.2, -0.15) is 0 Å². The number of nitrogens with zero attached hydrogens (tertiary/aromatic N) is 1. The number of ether oxygens (including phenoxy) is 1. The Morgan fingerprint density at radius 3 is 3.05 bits per heavy atom. The molecule has 21 heavy (non-hydrogen) atoms. The Balaban J connectivity index is 1.68. The molecule has 1 aliphatic heterocycles. The summed E-state index contributed by atoms with van der Waals surface area (Å²) in [6, 6.07) is 14.3. The summed E-state index contributed by atoms with van der Waals surface area (Å²) in [5, 5.41) is 3.39. The zero-order valence-corrected chi connectivity index (χ0v) is 11.9. The third-order valence-electron chi connectivity index (χ3n) is 3.91. The van der Waals surface area contributed by atoms with Crippen LogP contribution < -0.4 is 10.1 Å². The maximum absolute atomic E-state index is 6.05. The molecule has 0 radical (unpaired) electrons. The number of imidazole rings is 1. The number of nitrogens with one attached hydrogen (secondary N) is 2. The average molecular weight is 279 g/mol. The van der Waals surface area contributed by atoms with E-state index in [4.69, 9.17) is 4.74 Å². The second-order valence-corrected chi connectivity index (χ2v) is 5.31. The zero-order chi connectivity index (χ0) is 14.2. The molecule has 1 aromatic heterocycles. The number of aryl methyl sites for hydroxylation is 1. The van der Waals surface area contributed by atoms with Crippen molar-refractivity contribution in [1.29, 1.82) is 0 Å². The maximum atomic E-state index is 6.05. The van der Waals surface area contributed by atoms with E-state index in [0.29, 0.717) is 0 Å². The van der Waals surface area contributed by atoms with Crippen molar-refractivity contribution in [2.75, 3.05) is 11.9 Å². The van der Waals surface area contributed by atoms with E-state index in [1.165, 1.54) is 5.56 Å². The van der Waals surface area contributed by atoms with Crippen molar-refractivity contribution in [1.82, 2.24) is 9.97 Å². The molecule has 2 N–H and O–H groups in total. The summed E-state index contributed by atoms with van der Waals surface area (Å²) in [6.45, 7) is 2.88. The van der Waals surface area contributed by atoms with Crippen molar-refractivity contribution >= 4 is 16.7 Å². The zero-order valence-electron chi connectivity index (χ0n) is 11.9. The SMILES string of the molecule is CCc1ccc2nc(C3CNc4ccccc4O3)[nH]c2c1. The fourth-order valence-electron chi connectivity index (χ4n) is 2.71. The Morgan fingerprint density at radius 1 is 1.24 bits per heavy atom. The molecular weight excluding hydrogens is 262 g/mol. The molecule has 4 heteroatoms. The topological polar surface area (TPSA) is 49.9 Å². The van der Waals surface area contributed by atoms with Crippen molar-refractivity contribution < 1.29 is 4.74 Å². The van der Waals surface area contributed by atoms with E-state index >= 15 is 0 Å². The molecule has 2 heterocycles. The first-order chi connectivity index (χ1) is 10.3. The number of rotatable bonds is 2. The minimum Gasteiger partial charge on any atom is -0.478 e. The van der Waals surface area contributed by atoms with Gasteiger partial charge in [-0.05, 0) is 36.2 Å². The number of H-pyrrole nitrogens is 1. The predicted molar refractivity (Wildman–Crippen MR) is 83.8 cm³/mol. The third-order valence-corrected chi connectivity index (χ3v) is 3.91. The molecule has 2 aromatic carbocycles. The van der Waals surface area contributed by atoms with Crippen molar-refractivity contribution in [3.63, 3.8) is 0 Å². The number of aromatic nitrogens is 2. The lowest BCUT2D eigenvalue weighted by molar-refractivity contribution is 0.202. The second-order valence-electron chi connectivity index (χ2n) is 5.31. The molecule has 0 fully saturated rings. The Bertz CT molecular complexity index is 794. The highest BCUT2D eigenvalue weighted by molar-refractivity contribution is 5.76.